The van der Waals surface area contributed by atoms with Gasteiger partial charge in [-0.15, -0.1) is 0 Å². The zero-order valence-corrected chi connectivity index (χ0v) is 12.5. The van der Waals surface area contributed by atoms with Crippen LogP contribution in [0.25, 0.3) is 0 Å². The fourth-order valence-corrected chi connectivity index (χ4v) is 3.33. The normalized spacial score (nSPS) is 16.9. The predicted molar refractivity (Wildman–Crippen MR) is 79.6 cm³/mol. The molecular weight excluding hydrogens is 282 g/mol. The Morgan fingerprint density at radius 2 is 1.94 bits per heavy atom. The summed E-state index contributed by atoms with van der Waals surface area (Å²) in [6.07, 6.45) is 0. The highest BCUT2D eigenvalue weighted by Crippen LogP contribution is 2.26. The molecule has 0 amide bonds. The van der Waals surface area contributed by atoms with Gasteiger partial charge in [-0.1, -0.05) is 24.4 Å². The first-order valence-corrected chi connectivity index (χ1v) is 7.78. The van der Waals surface area contributed by atoms with Gasteiger partial charge in [-0.05, 0) is 21.6 Å². The SMILES string of the molecule is CNC(=S)SSC(=S)N(C)N1CCOCC1. The van der Waals surface area contributed by atoms with Gasteiger partial charge in [0.25, 0.3) is 0 Å². The van der Waals surface area contributed by atoms with Gasteiger partial charge < -0.3 is 10.1 Å². The molecule has 16 heavy (non-hydrogen) atoms. The fraction of sp³-hybridized carbons (Fsp3) is 0.750. The molecule has 0 aliphatic carbocycles. The molecule has 1 rings (SSSR count). The van der Waals surface area contributed by atoms with Gasteiger partial charge in [0.05, 0.1) is 13.2 Å². The Hall–Kier alpha value is 0.400. The van der Waals surface area contributed by atoms with Crippen LogP contribution < -0.4 is 5.32 Å². The molecule has 1 fully saturated rings. The summed E-state index contributed by atoms with van der Waals surface area (Å²) in [7, 11) is 6.76. The summed E-state index contributed by atoms with van der Waals surface area (Å²) in [6, 6.07) is 0. The molecule has 1 aliphatic heterocycles. The van der Waals surface area contributed by atoms with E-state index in [4.69, 9.17) is 29.2 Å². The van der Waals surface area contributed by atoms with Crippen molar-refractivity contribution in [3.8, 4) is 0 Å². The van der Waals surface area contributed by atoms with Crippen molar-refractivity contribution < 1.29 is 4.74 Å². The van der Waals surface area contributed by atoms with Gasteiger partial charge in [-0.2, -0.15) is 0 Å². The summed E-state index contributed by atoms with van der Waals surface area (Å²) in [4.78, 5) is 0. The van der Waals surface area contributed by atoms with E-state index in [-0.39, 0.29) is 0 Å². The number of hydrogen-bond acceptors (Lipinski definition) is 6. The Balaban J connectivity index is 2.31. The van der Waals surface area contributed by atoms with Gasteiger partial charge in [0, 0.05) is 27.2 Å². The molecule has 0 spiro atoms. The highest BCUT2D eigenvalue weighted by molar-refractivity contribution is 8.89. The lowest BCUT2D eigenvalue weighted by molar-refractivity contribution is -0.0358. The summed E-state index contributed by atoms with van der Waals surface area (Å²) in [5.74, 6) is 0. The average Bonchev–Trinajstić information content (AvgIpc) is 2.35. The van der Waals surface area contributed by atoms with Crippen molar-refractivity contribution in [3.05, 3.63) is 0 Å². The van der Waals surface area contributed by atoms with Gasteiger partial charge in [0.1, 0.15) is 4.32 Å². The minimum Gasteiger partial charge on any atom is -0.379 e. The molecule has 92 valence electrons. The van der Waals surface area contributed by atoms with Gasteiger partial charge in [0.15, 0.2) is 4.32 Å². The van der Waals surface area contributed by atoms with Crippen molar-refractivity contribution in [2.45, 2.75) is 0 Å². The standard InChI is InChI=1S/C8H15N3OS4/c1-9-7(13)15-16-8(14)10(2)11-3-5-12-6-4-11/h3-6H2,1-2H3,(H,9,13). The van der Waals surface area contributed by atoms with Crippen molar-refractivity contribution in [1.82, 2.24) is 15.3 Å². The van der Waals surface area contributed by atoms with E-state index in [0.29, 0.717) is 0 Å². The topological polar surface area (TPSA) is 27.7 Å². The van der Waals surface area contributed by atoms with Gasteiger partial charge >= 0.3 is 0 Å². The molecule has 0 aromatic carbocycles. The molecule has 0 radical (unpaired) electrons. The fourth-order valence-electron chi connectivity index (χ4n) is 1.14. The summed E-state index contributed by atoms with van der Waals surface area (Å²) in [6.45, 7) is 3.30. The number of nitrogens with zero attached hydrogens (tertiary/aromatic N) is 2. The van der Waals surface area contributed by atoms with E-state index in [0.717, 1.165) is 34.9 Å². The van der Waals surface area contributed by atoms with Crippen LogP contribution in [0.2, 0.25) is 0 Å². The van der Waals surface area contributed by atoms with Crippen molar-refractivity contribution in [2.75, 3.05) is 40.4 Å². The lowest BCUT2D eigenvalue weighted by Gasteiger charge is -2.35. The van der Waals surface area contributed by atoms with E-state index < -0.39 is 0 Å². The van der Waals surface area contributed by atoms with E-state index in [1.165, 1.54) is 21.6 Å². The third-order valence-electron chi connectivity index (χ3n) is 2.07. The van der Waals surface area contributed by atoms with Crippen molar-refractivity contribution >= 4 is 54.7 Å². The maximum atomic E-state index is 5.32. The molecule has 4 nitrogen and oxygen atoms in total. The zero-order chi connectivity index (χ0) is 12.0. The lowest BCUT2D eigenvalue weighted by atomic mass is 10.5. The Morgan fingerprint density at radius 1 is 1.31 bits per heavy atom. The molecule has 1 heterocycles. The summed E-state index contributed by atoms with van der Waals surface area (Å²) in [5.41, 5.74) is 0. The number of thiocarbonyl (C=S) groups is 2. The number of nitrogens with one attached hydrogen (secondary N) is 1. The maximum Gasteiger partial charge on any atom is 0.161 e. The first kappa shape index (κ1) is 14.5. The minimum atomic E-state index is 0.739. The minimum absolute atomic E-state index is 0.739. The second kappa shape index (κ2) is 7.67. The van der Waals surface area contributed by atoms with Crippen molar-refractivity contribution in [1.29, 1.82) is 0 Å². The second-order valence-corrected chi connectivity index (χ2v) is 6.50. The number of ether oxygens (including phenoxy) is 1. The smallest absolute Gasteiger partial charge is 0.161 e. The van der Waals surface area contributed by atoms with E-state index in [9.17, 15) is 0 Å². The molecule has 0 aromatic heterocycles. The monoisotopic (exact) mass is 297 g/mol. The van der Waals surface area contributed by atoms with Crippen LogP contribution in [0.4, 0.5) is 0 Å². The van der Waals surface area contributed by atoms with Gasteiger partial charge in [-0.25, -0.2) is 5.01 Å². The molecule has 0 atom stereocenters. The van der Waals surface area contributed by atoms with E-state index in [1.807, 2.05) is 19.1 Å². The highest BCUT2D eigenvalue weighted by atomic mass is 33.1. The van der Waals surface area contributed by atoms with Crippen LogP contribution >= 0.6 is 46.0 Å². The number of rotatable bonds is 1. The van der Waals surface area contributed by atoms with Crippen LogP contribution in [0.1, 0.15) is 0 Å². The van der Waals surface area contributed by atoms with Gasteiger partial charge in [0.2, 0.25) is 0 Å². The van der Waals surface area contributed by atoms with Crippen LogP contribution in [-0.2, 0) is 4.74 Å². The number of hydrazine groups is 1. The maximum absolute atomic E-state index is 5.32. The van der Waals surface area contributed by atoms with Crippen LogP contribution in [0.5, 0.6) is 0 Å². The van der Waals surface area contributed by atoms with E-state index >= 15 is 0 Å². The average molecular weight is 297 g/mol. The number of hydrogen-bond donors (Lipinski definition) is 1. The quantitative estimate of drug-likeness (QED) is 0.572. The van der Waals surface area contributed by atoms with Crippen molar-refractivity contribution in [2.24, 2.45) is 0 Å². The first-order chi connectivity index (χ1) is 7.65. The van der Waals surface area contributed by atoms with Crippen molar-refractivity contribution in [3.63, 3.8) is 0 Å². The molecule has 1 aliphatic rings. The Bertz CT molecular complexity index is 258. The van der Waals surface area contributed by atoms with Gasteiger partial charge in [-0.3, -0.25) is 5.01 Å². The molecular formula is C8H15N3OS4. The van der Waals surface area contributed by atoms with Crippen LogP contribution in [0.15, 0.2) is 0 Å². The summed E-state index contributed by atoms with van der Waals surface area (Å²) < 4.78 is 6.84. The molecule has 0 unspecified atom stereocenters. The van der Waals surface area contributed by atoms with Crippen LogP contribution in [0.3, 0.4) is 0 Å². The van der Waals surface area contributed by atoms with Crippen LogP contribution in [-0.4, -0.2) is 59.1 Å². The largest absolute Gasteiger partial charge is 0.379 e. The molecule has 0 saturated carbocycles. The van der Waals surface area contributed by atoms with E-state index in [1.54, 1.807) is 0 Å². The summed E-state index contributed by atoms with van der Waals surface area (Å²) in [5, 5.41) is 7.08. The Morgan fingerprint density at radius 3 is 2.50 bits per heavy atom. The third kappa shape index (κ3) is 4.72. The molecule has 1 N–H and O–H groups in total. The molecule has 0 aromatic rings. The lowest BCUT2D eigenvalue weighted by Crippen LogP contribution is -2.48. The predicted octanol–water partition coefficient (Wildman–Crippen LogP) is 1.34. The number of morpholine rings is 1. The van der Waals surface area contributed by atoms with Crippen LogP contribution in [0, 0.1) is 0 Å². The van der Waals surface area contributed by atoms with E-state index in [2.05, 4.69) is 10.3 Å². The summed E-state index contributed by atoms with van der Waals surface area (Å²) >= 11 is 10.4. The highest BCUT2D eigenvalue weighted by Gasteiger charge is 2.18. The molecule has 0 bridgehead atoms. The first-order valence-electron chi connectivity index (χ1n) is 4.81. The zero-order valence-electron chi connectivity index (χ0n) is 9.26. The Labute approximate surface area is 115 Å². The molecule has 1 saturated heterocycles. The molecule has 8 heteroatoms. The Kier molecular flexibility index (Phi) is 6.94. The third-order valence-corrected chi connectivity index (χ3v) is 5.74. The second-order valence-electron chi connectivity index (χ2n) is 3.06.